The Labute approximate surface area is 171 Å². The van der Waals surface area contributed by atoms with E-state index in [1.165, 1.54) is 41.1 Å². The predicted octanol–water partition coefficient (Wildman–Crippen LogP) is 1.48. The van der Waals surface area contributed by atoms with Crippen molar-refractivity contribution in [3.05, 3.63) is 54.1 Å². The first-order valence-electron chi connectivity index (χ1n) is 9.31. The number of phenols is 1. The summed E-state index contributed by atoms with van der Waals surface area (Å²) >= 11 is 0. The van der Waals surface area contributed by atoms with E-state index in [0.717, 1.165) is 0 Å². The first-order chi connectivity index (χ1) is 14.3. The second-order valence-corrected chi connectivity index (χ2v) is 7.10. The number of hydrogen-bond donors (Lipinski definition) is 2. The summed E-state index contributed by atoms with van der Waals surface area (Å²) in [5, 5.41) is 11.8. The zero-order valence-electron chi connectivity index (χ0n) is 16.1. The monoisotopic (exact) mass is 409 g/mol. The van der Waals surface area contributed by atoms with Gasteiger partial charge in [0.15, 0.2) is 6.61 Å². The van der Waals surface area contributed by atoms with Crippen LogP contribution in [0.5, 0.6) is 5.75 Å². The molecule has 2 heterocycles. The van der Waals surface area contributed by atoms with E-state index in [0.29, 0.717) is 16.9 Å². The van der Waals surface area contributed by atoms with E-state index < -0.39 is 30.1 Å². The van der Waals surface area contributed by atoms with Gasteiger partial charge in [-0.05, 0) is 36.4 Å². The average Bonchev–Trinajstić information content (AvgIpc) is 3.10. The second kappa shape index (κ2) is 7.18. The molecule has 2 aliphatic rings. The van der Waals surface area contributed by atoms with Crippen LogP contribution in [0, 0.1) is 0 Å². The maximum absolute atomic E-state index is 13.1. The number of amides is 3. The number of anilines is 2. The van der Waals surface area contributed by atoms with Crippen molar-refractivity contribution in [3.8, 4) is 5.75 Å². The van der Waals surface area contributed by atoms with Crippen LogP contribution in [0.1, 0.15) is 23.2 Å². The quantitative estimate of drug-likeness (QED) is 0.584. The number of esters is 1. The smallest absolute Gasteiger partial charge is 0.354 e. The molecule has 30 heavy (non-hydrogen) atoms. The number of ether oxygens (including phenoxy) is 1. The lowest BCUT2D eigenvalue weighted by atomic mass is 9.97. The third-order valence-corrected chi connectivity index (χ3v) is 5.35. The Morgan fingerprint density at radius 3 is 2.57 bits per heavy atom. The van der Waals surface area contributed by atoms with Crippen LogP contribution in [-0.4, -0.2) is 53.0 Å². The standard InChI is InChI=1S/C21H19N3O6/c1-23-19(28)15-4-2-3-5-16(15)24-18(27)10-11-21(23,24)20(29)30-12-17(26)22-13-6-8-14(25)9-7-13/h2-9,25H,10-12H2,1H3,(H,22,26). The van der Waals surface area contributed by atoms with E-state index in [-0.39, 0.29) is 24.5 Å². The second-order valence-electron chi connectivity index (χ2n) is 7.10. The number of nitrogens with zero attached hydrogens (tertiary/aromatic N) is 2. The number of benzene rings is 2. The van der Waals surface area contributed by atoms with Crippen LogP contribution in [-0.2, 0) is 19.1 Å². The minimum atomic E-state index is -1.62. The molecule has 3 amide bonds. The van der Waals surface area contributed by atoms with Gasteiger partial charge in [0.25, 0.3) is 11.8 Å². The molecular formula is C21H19N3O6. The molecular weight excluding hydrogens is 390 g/mol. The van der Waals surface area contributed by atoms with Gasteiger partial charge in [0.05, 0.1) is 11.3 Å². The highest BCUT2D eigenvalue weighted by atomic mass is 16.5. The molecule has 2 N–H and O–H groups in total. The van der Waals surface area contributed by atoms with Crippen LogP contribution in [0.2, 0.25) is 0 Å². The van der Waals surface area contributed by atoms with Crippen LogP contribution >= 0.6 is 0 Å². The fourth-order valence-corrected chi connectivity index (χ4v) is 3.88. The fraction of sp³-hybridized carbons (Fsp3) is 0.238. The minimum Gasteiger partial charge on any atom is -0.508 e. The van der Waals surface area contributed by atoms with Gasteiger partial charge in [0.1, 0.15) is 5.75 Å². The summed E-state index contributed by atoms with van der Waals surface area (Å²) in [7, 11) is 1.45. The van der Waals surface area contributed by atoms with Crippen molar-refractivity contribution >= 4 is 35.1 Å². The van der Waals surface area contributed by atoms with E-state index in [1.807, 2.05) is 0 Å². The van der Waals surface area contributed by atoms with Crippen LogP contribution < -0.4 is 10.2 Å². The van der Waals surface area contributed by atoms with Crippen LogP contribution in [0.3, 0.4) is 0 Å². The number of nitrogens with one attached hydrogen (secondary N) is 1. The van der Waals surface area contributed by atoms with E-state index in [4.69, 9.17) is 4.74 Å². The van der Waals surface area contributed by atoms with Crippen LogP contribution in [0.4, 0.5) is 11.4 Å². The normalized spacial score (nSPS) is 19.9. The van der Waals surface area contributed by atoms with Crippen molar-refractivity contribution in [2.24, 2.45) is 0 Å². The number of hydrogen-bond acceptors (Lipinski definition) is 6. The van der Waals surface area contributed by atoms with E-state index in [1.54, 1.807) is 24.3 Å². The molecule has 1 unspecified atom stereocenters. The number of carbonyl (C=O) groups excluding carboxylic acids is 4. The Hall–Kier alpha value is -3.88. The third-order valence-electron chi connectivity index (χ3n) is 5.35. The summed E-state index contributed by atoms with van der Waals surface area (Å²) in [6.45, 7) is -0.590. The lowest BCUT2D eigenvalue weighted by molar-refractivity contribution is -0.158. The van der Waals surface area contributed by atoms with Gasteiger partial charge in [-0.15, -0.1) is 0 Å². The fourth-order valence-electron chi connectivity index (χ4n) is 3.88. The summed E-state index contributed by atoms with van der Waals surface area (Å²) in [6.07, 6.45) is 0.140. The highest BCUT2D eigenvalue weighted by molar-refractivity contribution is 6.15. The largest absolute Gasteiger partial charge is 0.508 e. The maximum atomic E-state index is 13.1. The molecule has 0 spiro atoms. The van der Waals surface area contributed by atoms with Gasteiger partial charge in [-0.2, -0.15) is 0 Å². The van der Waals surface area contributed by atoms with Gasteiger partial charge < -0.3 is 20.1 Å². The Morgan fingerprint density at radius 2 is 1.83 bits per heavy atom. The molecule has 1 saturated heterocycles. The summed E-state index contributed by atoms with van der Waals surface area (Å²) < 4.78 is 5.24. The molecule has 4 rings (SSSR count). The third kappa shape index (κ3) is 2.95. The number of aromatic hydroxyl groups is 1. The molecule has 0 aromatic heterocycles. The average molecular weight is 409 g/mol. The number of phenolic OH excluding ortho intramolecular Hbond substituents is 1. The Bertz CT molecular complexity index is 1050. The van der Waals surface area contributed by atoms with Crippen molar-refractivity contribution < 1.29 is 29.0 Å². The number of para-hydroxylation sites is 1. The maximum Gasteiger partial charge on any atom is 0.354 e. The van der Waals surface area contributed by atoms with Gasteiger partial charge >= 0.3 is 5.97 Å². The molecule has 0 saturated carbocycles. The molecule has 0 bridgehead atoms. The van der Waals surface area contributed by atoms with Crippen molar-refractivity contribution in [2.75, 3.05) is 23.9 Å². The molecule has 1 fully saturated rings. The van der Waals surface area contributed by atoms with E-state index in [2.05, 4.69) is 5.32 Å². The van der Waals surface area contributed by atoms with Crippen molar-refractivity contribution in [1.82, 2.24) is 4.90 Å². The van der Waals surface area contributed by atoms with Crippen molar-refractivity contribution in [2.45, 2.75) is 18.5 Å². The van der Waals surface area contributed by atoms with Crippen LogP contribution in [0.15, 0.2) is 48.5 Å². The molecule has 0 radical (unpaired) electrons. The Balaban J connectivity index is 1.55. The Kier molecular flexibility index (Phi) is 4.65. The van der Waals surface area contributed by atoms with Gasteiger partial charge in [-0.3, -0.25) is 19.3 Å². The zero-order valence-corrected chi connectivity index (χ0v) is 16.1. The number of likely N-dealkylation sites (N-methyl/N-ethyl adjacent to an activating group) is 1. The topological polar surface area (TPSA) is 116 Å². The predicted molar refractivity (Wildman–Crippen MR) is 106 cm³/mol. The molecule has 0 aliphatic carbocycles. The minimum absolute atomic E-state index is 0.0507. The molecule has 9 nitrogen and oxygen atoms in total. The number of fused-ring (bicyclic) bond motifs is 3. The molecule has 2 aromatic carbocycles. The van der Waals surface area contributed by atoms with Crippen LogP contribution in [0.25, 0.3) is 0 Å². The SMILES string of the molecule is CN1C(=O)c2ccccc2N2C(=O)CCC12C(=O)OCC(=O)Nc1ccc(O)cc1. The lowest BCUT2D eigenvalue weighted by Crippen LogP contribution is -2.67. The van der Waals surface area contributed by atoms with E-state index in [9.17, 15) is 24.3 Å². The van der Waals surface area contributed by atoms with Crippen molar-refractivity contribution in [1.29, 1.82) is 0 Å². The summed E-state index contributed by atoms with van der Waals surface area (Å²) in [4.78, 5) is 53.2. The van der Waals surface area contributed by atoms with Gasteiger partial charge in [0.2, 0.25) is 11.6 Å². The highest BCUT2D eigenvalue weighted by Crippen LogP contribution is 2.44. The van der Waals surface area contributed by atoms with Gasteiger partial charge in [-0.1, -0.05) is 12.1 Å². The summed E-state index contributed by atoms with van der Waals surface area (Å²) in [5.74, 6) is -2.09. The van der Waals surface area contributed by atoms with E-state index >= 15 is 0 Å². The van der Waals surface area contributed by atoms with Gasteiger partial charge in [0, 0.05) is 25.6 Å². The molecule has 1 atom stereocenters. The van der Waals surface area contributed by atoms with Gasteiger partial charge in [-0.25, -0.2) is 4.79 Å². The lowest BCUT2D eigenvalue weighted by Gasteiger charge is -2.46. The first-order valence-corrected chi connectivity index (χ1v) is 9.31. The summed E-state index contributed by atoms with van der Waals surface area (Å²) in [6, 6.07) is 12.4. The molecule has 9 heteroatoms. The Morgan fingerprint density at radius 1 is 1.13 bits per heavy atom. The highest BCUT2D eigenvalue weighted by Gasteiger charge is 2.60. The molecule has 154 valence electrons. The number of rotatable bonds is 4. The summed E-state index contributed by atoms with van der Waals surface area (Å²) in [5.41, 5.74) is -0.526. The molecule has 2 aromatic rings. The number of carbonyl (C=O) groups is 4. The first kappa shape index (κ1) is 19.4. The molecule has 2 aliphatic heterocycles. The zero-order chi connectivity index (χ0) is 21.5. The van der Waals surface area contributed by atoms with Crippen molar-refractivity contribution in [3.63, 3.8) is 0 Å².